The standard InChI is InChI=1S/C15H23ClN2O2/c1-3-11(2)12-13(19)17-15(7-4-5-8-15)14(20)18(12)10-6-9-16/h6,9,11-12H,3-5,7-8,10H2,1-2H3,(H,17,19)/b9-6+. The van der Waals surface area contributed by atoms with Crippen molar-refractivity contribution >= 4 is 23.4 Å². The number of carbonyl (C=O) groups excluding carboxylic acids is 2. The van der Waals surface area contributed by atoms with Gasteiger partial charge in [-0.25, -0.2) is 0 Å². The van der Waals surface area contributed by atoms with Gasteiger partial charge in [0.15, 0.2) is 0 Å². The van der Waals surface area contributed by atoms with E-state index < -0.39 is 5.54 Å². The first-order valence-electron chi connectivity index (χ1n) is 7.44. The van der Waals surface area contributed by atoms with Crippen molar-refractivity contribution in [3.63, 3.8) is 0 Å². The molecule has 5 heteroatoms. The molecular weight excluding hydrogens is 276 g/mol. The second-order valence-electron chi connectivity index (χ2n) is 5.93. The van der Waals surface area contributed by atoms with Gasteiger partial charge in [0.2, 0.25) is 11.8 Å². The lowest BCUT2D eigenvalue weighted by Gasteiger charge is -2.46. The predicted molar refractivity (Wildman–Crippen MR) is 79.3 cm³/mol. The smallest absolute Gasteiger partial charge is 0.249 e. The Bertz CT molecular complexity index is 416. The summed E-state index contributed by atoms with van der Waals surface area (Å²) in [6, 6.07) is -0.383. The van der Waals surface area contributed by atoms with Crippen LogP contribution in [-0.2, 0) is 9.59 Å². The number of hydrogen-bond donors (Lipinski definition) is 1. The molecule has 1 heterocycles. The van der Waals surface area contributed by atoms with Gasteiger partial charge in [-0.15, -0.1) is 0 Å². The number of carbonyl (C=O) groups is 2. The third-order valence-electron chi connectivity index (χ3n) is 4.67. The molecule has 2 atom stereocenters. The van der Waals surface area contributed by atoms with Gasteiger partial charge in [-0.3, -0.25) is 9.59 Å². The van der Waals surface area contributed by atoms with Crippen LogP contribution in [0.5, 0.6) is 0 Å². The molecule has 2 unspecified atom stereocenters. The highest BCUT2D eigenvalue weighted by Crippen LogP contribution is 2.36. The molecule has 112 valence electrons. The fourth-order valence-electron chi connectivity index (χ4n) is 3.36. The topological polar surface area (TPSA) is 49.4 Å². The minimum absolute atomic E-state index is 0.0103. The first-order valence-corrected chi connectivity index (χ1v) is 7.87. The molecule has 2 aliphatic rings. The van der Waals surface area contributed by atoms with E-state index in [1.54, 1.807) is 11.0 Å². The van der Waals surface area contributed by atoms with Crippen LogP contribution in [0, 0.1) is 5.92 Å². The predicted octanol–water partition coefficient (Wildman–Crippen LogP) is 2.42. The Labute approximate surface area is 125 Å². The van der Waals surface area contributed by atoms with Crippen molar-refractivity contribution in [1.82, 2.24) is 10.2 Å². The number of halogens is 1. The largest absolute Gasteiger partial charge is 0.340 e. The lowest BCUT2D eigenvalue weighted by molar-refractivity contribution is -0.156. The summed E-state index contributed by atoms with van der Waals surface area (Å²) in [7, 11) is 0. The minimum Gasteiger partial charge on any atom is -0.340 e. The van der Waals surface area contributed by atoms with E-state index in [0.29, 0.717) is 6.54 Å². The number of nitrogens with one attached hydrogen (secondary N) is 1. The first-order chi connectivity index (χ1) is 9.55. The third kappa shape index (κ3) is 2.58. The van der Waals surface area contributed by atoms with Crippen molar-refractivity contribution in [3.05, 3.63) is 11.6 Å². The highest BCUT2D eigenvalue weighted by molar-refractivity contribution is 6.25. The van der Waals surface area contributed by atoms with Crippen LogP contribution in [-0.4, -0.2) is 34.8 Å². The highest BCUT2D eigenvalue weighted by Gasteiger charge is 2.52. The second-order valence-corrected chi connectivity index (χ2v) is 6.18. The van der Waals surface area contributed by atoms with E-state index >= 15 is 0 Å². The lowest BCUT2D eigenvalue weighted by atomic mass is 9.86. The van der Waals surface area contributed by atoms with Crippen LogP contribution in [0.25, 0.3) is 0 Å². The van der Waals surface area contributed by atoms with Crippen LogP contribution >= 0.6 is 11.6 Å². The number of piperazine rings is 1. The minimum atomic E-state index is -0.652. The number of amides is 2. The van der Waals surface area contributed by atoms with E-state index in [1.165, 1.54) is 5.54 Å². The SMILES string of the molecule is CCC(C)C1C(=O)NC2(CCCC2)C(=O)N1C/C=C/Cl. The Hall–Kier alpha value is -1.03. The van der Waals surface area contributed by atoms with E-state index in [0.717, 1.165) is 32.1 Å². The van der Waals surface area contributed by atoms with Crippen LogP contribution in [0.15, 0.2) is 11.6 Å². The summed E-state index contributed by atoms with van der Waals surface area (Å²) in [4.78, 5) is 27.1. The van der Waals surface area contributed by atoms with Gasteiger partial charge in [0.05, 0.1) is 0 Å². The fraction of sp³-hybridized carbons (Fsp3) is 0.733. The number of rotatable bonds is 4. The molecule has 0 aromatic heterocycles. The van der Waals surface area contributed by atoms with Gasteiger partial charge < -0.3 is 10.2 Å². The molecule has 2 rings (SSSR count). The quantitative estimate of drug-likeness (QED) is 0.866. The van der Waals surface area contributed by atoms with E-state index in [-0.39, 0.29) is 23.8 Å². The maximum Gasteiger partial charge on any atom is 0.249 e. The molecule has 0 bridgehead atoms. The normalized spacial score (nSPS) is 27.4. The summed E-state index contributed by atoms with van der Waals surface area (Å²) in [5, 5.41) is 3.03. The molecule has 0 radical (unpaired) electrons. The maximum absolute atomic E-state index is 12.9. The molecule has 2 amide bonds. The Kier molecular flexibility index (Phi) is 4.74. The summed E-state index contributed by atoms with van der Waals surface area (Å²) in [5.41, 5.74) is 0.760. The van der Waals surface area contributed by atoms with Gasteiger partial charge in [0, 0.05) is 12.1 Å². The molecule has 1 spiro atoms. The summed E-state index contributed by atoms with van der Waals surface area (Å²) >= 11 is 5.60. The van der Waals surface area contributed by atoms with E-state index in [1.807, 2.05) is 13.8 Å². The average Bonchev–Trinajstić information content (AvgIpc) is 2.90. The Morgan fingerprint density at radius 1 is 1.45 bits per heavy atom. The molecule has 1 aliphatic heterocycles. The van der Waals surface area contributed by atoms with Crippen LogP contribution in [0.4, 0.5) is 0 Å². The van der Waals surface area contributed by atoms with Gasteiger partial charge in [0.25, 0.3) is 0 Å². The Morgan fingerprint density at radius 2 is 2.10 bits per heavy atom. The Morgan fingerprint density at radius 3 is 2.65 bits per heavy atom. The van der Waals surface area contributed by atoms with E-state index in [4.69, 9.17) is 11.6 Å². The summed E-state index contributed by atoms with van der Waals surface area (Å²) in [6.45, 7) is 4.46. The van der Waals surface area contributed by atoms with Gasteiger partial charge in [-0.05, 0) is 18.8 Å². The summed E-state index contributed by atoms with van der Waals surface area (Å²) in [6.07, 6.45) is 6.10. The Balaban J connectivity index is 2.30. The summed E-state index contributed by atoms with van der Waals surface area (Å²) in [5.74, 6) is 0.194. The van der Waals surface area contributed by atoms with Crippen molar-refractivity contribution in [2.75, 3.05) is 6.54 Å². The molecule has 1 N–H and O–H groups in total. The van der Waals surface area contributed by atoms with Gasteiger partial charge >= 0.3 is 0 Å². The maximum atomic E-state index is 12.9. The van der Waals surface area contributed by atoms with E-state index in [2.05, 4.69) is 5.32 Å². The zero-order chi connectivity index (χ0) is 14.8. The zero-order valence-electron chi connectivity index (χ0n) is 12.2. The van der Waals surface area contributed by atoms with Crippen LogP contribution in [0.2, 0.25) is 0 Å². The van der Waals surface area contributed by atoms with Crippen molar-refractivity contribution in [2.45, 2.75) is 57.5 Å². The second kappa shape index (κ2) is 6.17. The number of nitrogens with zero attached hydrogens (tertiary/aromatic N) is 1. The summed E-state index contributed by atoms with van der Waals surface area (Å²) < 4.78 is 0. The van der Waals surface area contributed by atoms with Crippen LogP contribution < -0.4 is 5.32 Å². The van der Waals surface area contributed by atoms with Gasteiger partial charge in [-0.2, -0.15) is 0 Å². The molecule has 1 saturated heterocycles. The molecular formula is C15H23ClN2O2. The first kappa shape index (κ1) is 15.4. The van der Waals surface area contributed by atoms with Crippen LogP contribution in [0.1, 0.15) is 46.0 Å². The number of hydrogen-bond acceptors (Lipinski definition) is 2. The highest BCUT2D eigenvalue weighted by atomic mass is 35.5. The fourth-order valence-corrected chi connectivity index (χ4v) is 3.44. The van der Waals surface area contributed by atoms with E-state index in [9.17, 15) is 9.59 Å². The zero-order valence-corrected chi connectivity index (χ0v) is 12.9. The van der Waals surface area contributed by atoms with Crippen molar-refractivity contribution in [1.29, 1.82) is 0 Å². The molecule has 2 fully saturated rings. The lowest BCUT2D eigenvalue weighted by Crippen LogP contribution is -2.70. The van der Waals surface area contributed by atoms with Crippen LogP contribution in [0.3, 0.4) is 0 Å². The van der Waals surface area contributed by atoms with Crippen molar-refractivity contribution in [2.24, 2.45) is 5.92 Å². The average molecular weight is 299 g/mol. The molecule has 0 aromatic rings. The van der Waals surface area contributed by atoms with Gasteiger partial charge in [-0.1, -0.05) is 50.8 Å². The molecule has 1 saturated carbocycles. The molecule has 0 aromatic carbocycles. The van der Waals surface area contributed by atoms with Crippen molar-refractivity contribution < 1.29 is 9.59 Å². The monoisotopic (exact) mass is 298 g/mol. The van der Waals surface area contributed by atoms with Crippen molar-refractivity contribution in [3.8, 4) is 0 Å². The van der Waals surface area contributed by atoms with Gasteiger partial charge in [0.1, 0.15) is 11.6 Å². The molecule has 1 aliphatic carbocycles. The molecule has 20 heavy (non-hydrogen) atoms. The third-order valence-corrected chi connectivity index (χ3v) is 4.85. The molecule has 4 nitrogen and oxygen atoms in total.